The number of hydrogen-bond donors (Lipinski definition) is 0. The molecule has 3 aromatic rings. The van der Waals surface area contributed by atoms with Crippen molar-refractivity contribution in [1.29, 1.82) is 0 Å². The maximum atomic E-state index is 14.3. The average Bonchev–Trinajstić information content (AvgIpc) is 3.36. The summed E-state index contributed by atoms with van der Waals surface area (Å²) in [5, 5.41) is 0.427. The van der Waals surface area contributed by atoms with Gasteiger partial charge < -0.3 is 9.47 Å². The van der Waals surface area contributed by atoms with E-state index in [4.69, 9.17) is 9.47 Å². The Morgan fingerprint density at radius 2 is 2.21 bits per heavy atom. The molecule has 2 aromatic carbocycles. The number of halogens is 2. The van der Waals surface area contributed by atoms with Crippen molar-refractivity contribution in [2.75, 3.05) is 24.7 Å². The SMILES string of the molecule is CCOc1cccc2sc(N(C[C@@H]3CCCO3)C(=O)c3ccc(F)cc3F)nc12. The fourth-order valence-corrected chi connectivity index (χ4v) is 4.34. The molecule has 1 amide bonds. The lowest BCUT2D eigenvalue weighted by molar-refractivity contribution is 0.0914. The number of benzene rings is 2. The number of hydrogen-bond acceptors (Lipinski definition) is 5. The normalized spacial score (nSPS) is 16.3. The van der Waals surface area contributed by atoms with Gasteiger partial charge in [0, 0.05) is 12.7 Å². The van der Waals surface area contributed by atoms with Gasteiger partial charge in [-0.3, -0.25) is 9.69 Å². The molecule has 0 saturated carbocycles. The van der Waals surface area contributed by atoms with Crippen LogP contribution < -0.4 is 9.64 Å². The Morgan fingerprint density at radius 1 is 1.34 bits per heavy atom. The summed E-state index contributed by atoms with van der Waals surface area (Å²) in [4.78, 5) is 19.2. The van der Waals surface area contributed by atoms with E-state index in [9.17, 15) is 13.6 Å². The Balaban J connectivity index is 1.75. The summed E-state index contributed by atoms with van der Waals surface area (Å²) >= 11 is 1.32. The number of ether oxygens (including phenoxy) is 2. The molecular weight excluding hydrogens is 398 g/mol. The monoisotopic (exact) mass is 418 g/mol. The van der Waals surface area contributed by atoms with Gasteiger partial charge in [-0.05, 0) is 44.0 Å². The Hall–Kier alpha value is -2.58. The number of amides is 1. The number of carbonyl (C=O) groups is 1. The molecule has 1 aromatic heterocycles. The van der Waals surface area contributed by atoms with Gasteiger partial charge >= 0.3 is 0 Å². The van der Waals surface area contributed by atoms with Gasteiger partial charge in [-0.15, -0.1) is 0 Å². The zero-order chi connectivity index (χ0) is 20.4. The Morgan fingerprint density at radius 3 is 2.93 bits per heavy atom. The topological polar surface area (TPSA) is 51.7 Å². The second-order valence-corrected chi connectivity index (χ2v) is 7.72. The second kappa shape index (κ2) is 8.42. The van der Waals surface area contributed by atoms with Crippen LogP contribution in [0.4, 0.5) is 13.9 Å². The summed E-state index contributed by atoms with van der Waals surface area (Å²) in [6.45, 7) is 3.26. The second-order valence-electron chi connectivity index (χ2n) is 6.71. The van der Waals surface area contributed by atoms with Gasteiger partial charge in [-0.2, -0.15) is 0 Å². The number of anilines is 1. The van der Waals surface area contributed by atoms with E-state index in [0.29, 0.717) is 35.7 Å². The molecule has 1 fully saturated rings. The summed E-state index contributed by atoms with van der Waals surface area (Å²) in [5.74, 6) is -1.57. The van der Waals surface area contributed by atoms with Crippen LogP contribution in [0.2, 0.25) is 0 Å². The first-order chi connectivity index (χ1) is 14.1. The van der Waals surface area contributed by atoms with E-state index in [2.05, 4.69) is 4.98 Å². The fourth-order valence-electron chi connectivity index (χ4n) is 3.35. The van der Waals surface area contributed by atoms with Crippen LogP contribution in [0.1, 0.15) is 30.1 Å². The predicted octanol–water partition coefficient (Wildman–Crippen LogP) is 4.80. The van der Waals surface area contributed by atoms with Crippen LogP contribution >= 0.6 is 11.3 Å². The molecule has 1 saturated heterocycles. The quantitative estimate of drug-likeness (QED) is 0.577. The minimum absolute atomic E-state index is 0.152. The first kappa shape index (κ1) is 19.7. The van der Waals surface area contributed by atoms with Crippen molar-refractivity contribution < 1.29 is 23.0 Å². The standard InChI is InChI=1S/C21H20F2N2O3S/c1-2-27-17-6-3-7-18-19(17)24-21(29-18)25(12-14-5-4-10-28-14)20(26)15-9-8-13(22)11-16(15)23/h3,6-9,11,14H,2,4-5,10,12H2,1H3/t14-/m0/s1. The summed E-state index contributed by atoms with van der Waals surface area (Å²) in [5.41, 5.74) is 0.452. The van der Waals surface area contributed by atoms with Crippen LogP contribution in [-0.4, -0.2) is 36.8 Å². The molecule has 0 aliphatic carbocycles. The third-order valence-electron chi connectivity index (χ3n) is 4.72. The summed E-state index contributed by atoms with van der Waals surface area (Å²) in [6.07, 6.45) is 1.57. The maximum Gasteiger partial charge on any atom is 0.263 e. The molecule has 1 aliphatic rings. The highest BCUT2D eigenvalue weighted by atomic mass is 32.1. The molecule has 152 valence electrons. The van der Waals surface area contributed by atoms with Crippen LogP contribution in [0, 0.1) is 11.6 Å². The number of para-hydroxylation sites is 1. The molecule has 0 radical (unpaired) electrons. The zero-order valence-corrected chi connectivity index (χ0v) is 16.7. The van der Waals surface area contributed by atoms with Gasteiger partial charge in [-0.25, -0.2) is 13.8 Å². The highest BCUT2D eigenvalue weighted by molar-refractivity contribution is 7.22. The van der Waals surface area contributed by atoms with Crippen molar-refractivity contribution in [3.8, 4) is 5.75 Å². The van der Waals surface area contributed by atoms with Crippen molar-refractivity contribution in [3.05, 3.63) is 53.6 Å². The van der Waals surface area contributed by atoms with Crippen molar-refractivity contribution in [2.24, 2.45) is 0 Å². The van der Waals surface area contributed by atoms with Crippen molar-refractivity contribution in [1.82, 2.24) is 4.98 Å². The van der Waals surface area contributed by atoms with Gasteiger partial charge in [-0.1, -0.05) is 17.4 Å². The minimum atomic E-state index is -0.900. The lowest BCUT2D eigenvalue weighted by Crippen LogP contribution is -2.38. The lowest BCUT2D eigenvalue weighted by Gasteiger charge is -2.23. The van der Waals surface area contributed by atoms with Crippen molar-refractivity contribution in [3.63, 3.8) is 0 Å². The van der Waals surface area contributed by atoms with E-state index in [1.807, 2.05) is 25.1 Å². The van der Waals surface area contributed by atoms with Crippen LogP contribution in [0.3, 0.4) is 0 Å². The first-order valence-electron chi connectivity index (χ1n) is 9.47. The largest absolute Gasteiger partial charge is 0.492 e. The summed E-state index contributed by atoms with van der Waals surface area (Å²) in [6, 6.07) is 8.53. The molecule has 4 rings (SSSR count). The molecule has 1 atom stereocenters. The van der Waals surface area contributed by atoms with Gasteiger partial charge in [0.1, 0.15) is 22.9 Å². The fraction of sp³-hybridized carbons (Fsp3) is 0.333. The third kappa shape index (κ3) is 4.09. The lowest BCUT2D eigenvalue weighted by atomic mass is 10.1. The highest BCUT2D eigenvalue weighted by Gasteiger charge is 2.29. The van der Waals surface area contributed by atoms with Crippen LogP contribution in [-0.2, 0) is 4.74 Å². The Kier molecular flexibility index (Phi) is 5.73. The molecule has 0 spiro atoms. The van der Waals surface area contributed by atoms with E-state index in [0.717, 1.165) is 29.7 Å². The Labute approximate surface area is 170 Å². The van der Waals surface area contributed by atoms with E-state index in [1.54, 1.807) is 0 Å². The van der Waals surface area contributed by atoms with Gasteiger partial charge in [0.25, 0.3) is 5.91 Å². The van der Waals surface area contributed by atoms with Gasteiger partial charge in [0.15, 0.2) is 5.13 Å². The first-order valence-corrected chi connectivity index (χ1v) is 10.3. The zero-order valence-electron chi connectivity index (χ0n) is 15.9. The number of carbonyl (C=O) groups excluding carboxylic acids is 1. The highest BCUT2D eigenvalue weighted by Crippen LogP contribution is 2.35. The molecule has 29 heavy (non-hydrogen) atoms. The van der Waals surface area contributed by atoms with Crippen LogP contribution in [0.5, 0.6) is 5.75 Å². The average molecular weight is 418 g/mol. The van der Waals surface area contributed by atoms with E-state index >= 15 is 0 Å². The molecule has 2 heterocycles. The van der Waals surface area contributed by atoms with Gasteiger partial charge in [0.2, 0.25) is 0 Å². The number of nitrogens with zero attached hydrogens (tertiary/aromatic N) is 2. The molecular formula is C21H20F2N2O3S. The number of rotatable bonds is 6. The molecule has 8 heteroatoms. The third-order valence-corrected chi connectivity index (χ3v) is 5.76. The summed E-state index contributed by atoms with van der Waals surface area (Å²) < 4.78 is 39.8. The van der Waals surface area contributed by atoms with E-state index < -0.39 is 17.5 Å². The number of thiazole rings is 1. The van der Waals surface area contributed by atoms with Gasteiger partial charge in [0.05, 0.1) is 29.5 Å². The molecule has 1 aliphatic heterocycles. The minimum Gasteiger partial charge on any atom is -0.492 e. The molecule has 5 nitrogen and oxygen atoms in total. The van der Waals surface area contributed by atoms with Crippen LogP contribution in [0.25, 0.3) is 10.2 Å². The molecule has 0 N–H and O–H groups in total. The van der Waals surface area contributed by atoms with E-state index in [-0.39, 0.29) is 18.2 Å². The van der Waals surface area contributed by atoms with Crippen molar-refractivity contribution in [2.45, 2.75) is 25.9 Å². The van der Waals surface area contributed by atoms with E-state index in [1.165, 1.54) is 16.2 Å². The maximum absolute atomic E-state index is 14.3. The summed E-state index contributed by atoms with van der Waals surface area (Å²) in [7, 11) is 0. The number of fused-ring (bicyclic) bond motifs is 1. The number of aromatic nitrogens is 1. The van der Waals surface area contributed by atoms with Crippen LogP contribution in [0.15, 0.2) is 36.4 Å². The molecule has 0 bridgehead atoms. The smallest absolute Gasteiger partial charge is 0.263 e. The predicted molar refractivity (Wildman–Crippen MR) is 108 cm³/mol. The Bertz CT molecular complexity index is 1030. The van der Waals surface area contributed by atoms with Crippen molar-refractivity contribution >= 4 is 32.6 Å². The molecule has 0 unspecified atom stereocenters.